The van der Waals surface area contributed by atoms with E-state index in [1.54, 1.807) is 0 Å². The van der Waals surface area contributed by atoms with Crippen LogP contribution in [-0.4, -0.2) is 37.0 Å². The summed E-state index contributed by atoms with van der Waals surface area (Å²) in [6.07, 6.45) is 1.02. The van der Waals surface area contributed by atoms with Crippen LogP contribution in [0.4, 0.5) is 5.69 Å². The van der Waals surface area contributed by atoms with Gasteiger partial charge in [-0.3, -0.25) is 4.79 Å². The summed E-state index contributed by atoms with van der Waals surface area (Å²) >= 11 is 0. The molecule has 2 aromatic carbocycles. The molecule has 118 valence electrons. The highest BCUT2D eigenvalue weighted by molar-refractivity contribution is 5.83. The summed E-state index contributed by atoms with van der Waals surface area (Å²) in [6.45, 7) is 3.54. The molecule has 0 N–H and O–H groups in total. The summed E-state index contributed by atoms with van der Waals surface area (Å²) < 4.78 is 0. The maximum atomic E-state index is 12.7. The van der Waals surface area contributed by atoms with E-state index in [1.807, 2.05) is 12.1 Å². The molecule has 0 bridgehead atoms. The van der Waals surface area contributed by atoms with E-state index in [0.717, 1.165) is 32.6 Å². The fraction of sp³-hybridized carbons (Fsp3) is 0.350. The number of piperazine rings is 1. The number of carbonyl (C=O) groups excluding carboxylic acids is 1. The molecule has 0 spiro atoms. The van der Waals surface area contributed by atoms with Crippen molar-refractivity contribution in [2.24, 2.45) is 5.92 Å². The van der Waals surface area contributed by atoms with E-state index in [1.165, 1.54) is 11.3 Å². The van der Waals surface area contributed by atoms with Gasteiger partial charge < -0.3 is 9.80 Å². The standard InChI is InChI=1S/C20H22N2O/c23-20(19-15-18(19)16-7-3-1-4-8-16)22-13-11-21(12-14-22)17-9-5-2-6-10-17/h1-10,18-19H,11-15H2/t18-,19-/m1/s1. The van der Waals surface area contributed by atoms with Crippen molar-refractivity contribution >= 4 is 11.6 Å². The minimum atomic E-state index is 0.209. The Morgan fingerprint density at radius 3 is 2.09 bits per heavy atom. The molecular formula is C20H22N2O. The van der Waals surface area contributed by atoms with E-state index in [0.29, 0.717) is 11.8 Å². The summed E-state index contributed by atoms with van der Waals surface area (Å²) in [4.78, 5) is 17.1. The molecule has 1 aliphatic carbocycles. The number of hydrogen-bond donors (Lipinski definition) is 0. The van der Waals surface area contributed by atoms with E-state index < -0.39 is 0 Å². The predicted octanol–water partition coefficient (Wildman–Crippen LogP) is 3.14. The second kappa shape index (κ2) is 6.07. The van der Waals surface area contributed by atoms with Crippen LogP contribution in [0.15, 0.2) is 60.7 Å². The molecule has 1 saturated carbocycles. The van der Waals surface area contributed by atoms with Crippen LogP contribution < -0.4 is 4.90 Å². The highest BCUT2D eigenvalue weighted by atomic mass is 16.2. The predicted molar refractivity (Wildman–Crippen MR) is 92.5 cm³/mol. The number of rotatable bonds is 3. The lowest BCUT2D eigenvalue weighted by Crippen LogP contribution is -2.49. The second-order valence-corrected chi connectivity index (χ2v) is 6.51. The molecule has 2 aromatic rings. The van der Waals surface area contributed by atoms with Gasteiger partial charge in [-0.05, 0) is 30.0 Å². The first-order chi connectivity index (χ1) is 11.3. The quantitative estimate of drug-likeness (QED) is 0.870. The van der Waals surface area contributed by atoms with Crippen LogP contribution >= 0.6 is 0 Å². The Bertz CT molecular complexity index is 663. The first kappa shape index (κ1) is 14.3. The van der Waals surface area contributed by atoms with Crippen LogP contribution in [0.5, 0.6) is 0 Å². The van der Waals surface area contributed by atoms with Gasteiger partial charge in [0.15, 0.2) is 0 Å². The van der Waals surface area contributed by atoms with Crippen molar-refractivity contribution in [3.63, 3.8) is 0 Å². The van der Waals surface area contributed by atoms with Crippen molar-refractivity contribution in [3.05, 3.63) is 66.2 Å². The molecule has 3 nitrogen and oxygen atoms in total. The summed E-state index contributed by atoms with van der Waals surface area (Å²) in [6, 6.07) is 20.9. The molecule has 1 heterocycles. The van der Waals surface area contributed by atoms with Gasteiger partial charge in [-0.15, -0.1) is 0 Å². The Labute approximate surface area is 137 Å². The molecule has 0 unspecified atom stereocenters. The van der Waals surface area contributed by atoms with Gasteiger partial charge in [-0.2, -0.15) is 0 Å². The van der Waals surface area contributed by atoms with Crippen molar-refractivity contribution in [1.82, 2.24) is 4.90 Å². The van der Waals surface area contributed by atoms with E-state index >= 15 is 0 Å². The van der Waals surface area contributed by atoms with E-state index in [2.05, 4.69) is 58.3 Å². The number of anilines is 1. The Morgan fingerprint density at radius 1 is 0.826 bits per heavy atom. The third-order valence-corrected chi connectivity index (χ3v) is 5.05. The van der Waals surface area contributed by atoms with Crippen molar-refractivity contribution < 1.29 is 4.79 Å². The maximum absolute atomic E-state index is 12.7. The van der Waals surface area contributed by atoms with Gasteiger partial charge in [-0.1, -0.05) is 48.5 Å². The molecule has 0 aromatic heterocycles. The monoisotopic (exact) mass is 306 g/mol. The lowest BCUT2D eigenvalue weighted by molar-refractivity contribution is -0.132. The Balaban J connectivity index is 1.34. The number of benzene rings is 2. The number of amides is 1. The van der Waals surface area contributed by atoms with Crippen LogP contribution in [0.2, 0.25) is 0 Å². The Morgan fingerprint density at radius 2 is 1.43 bits per heavy atom. The minimum Gasteiger partial charge on any atom is -0.368 e. The van der Waals surface area contributed by atoms with Gasteiger partial charge in [0.2, 0.25) is 5.91 Å². The molecule has 0 radical (unpaired) electrons. The molecule has 2 aliphatic rings. The molecule has 1 amide bonds. The third kappa shape index (κ3) is 2.96. The zero-order valence-corrected chi connectivity index (χ0v) is 13.3. The van der Waals surface area contributed by atoms with Crippen LogP contribution in [0.1, 0.15) is 17.9 Å². The van der Waals surface area contributed by atoms with Gasteiger partial charge in [0.1, 0.15) is 0 Å². The average Bonchev–Trinajstić information content (AvgIpc) is 3.44. The third-order valence-electron chi connectivity index (χ3n) is 5.05. The largest absolute Gasteiger partial charge is 0.368 e. The second-order valence-electron chi connectivity index (χ2n) is 6.51. The fourth-order valence-corrected chi connectivity index (χ4v) is 3.59. The molecule has 4 rings (SSSR count). The summed E-state index contributed by atoms with van der Waals surface area (Å²) in [7, 11) is 0. The number of nitrogens with zero attached hydrogens (tertiary/aromatic N) is 2. The van der Waals surface area contributed by atoms with Crippen molar-refractivity contribution in [1.29, 1.82) is 0 Å². The van der Waals surface area contributed by atoms with Crippen LogP contribution in [-0.2, 0) is 4.79 Å². The van der Waals surface area contributed by atoms with Gasteiger partial charge in [0.25, 0.3) is 0 Å². The van der Waals surface area contributed by atoms with E-state index in [-0.39, 0.29) is 5.92 Å². The van der Waals surface area contributed by atoms with Gasteiger partial charge in [0.05, 0.1) is 0 Å². The SMILES string of the molecule is O=C([C@@H]1C[C@@H]1c1ccccc1)N1CCN(c2ccccc2)CC1. The number of para-hydroxylation sites is 1. The van der Waals surface area contributed by atoms with Crippen molar-refractivity contribution in [3.8, 4) is 0 Å². The average molecular weight is 306 g/mol. The Kier molecular flexibility index (Phi) is 3.78. The van der Waals surface area contributed by atoms with Gasteiger partial charge in [0, 0.05) is 37.8 Å². The number of carbonyl (C=O) groups is 1. The van der Waals surface area contributed by atoms with Crippen LogP contribution in [0.3, 0.4) is 0 Å². The highest BCUT2D eigenvalue weighted by Crippen LogP contribution is 2.48. The first-order valence-electron chi connectivity index (χ1n) is 8.46. The molecule has 2 atom stereocenters. The molecular weight excluding hydrogens is 284 g/mol. The van der Waals surface area contributed by atoms with Crippen molar-refractivity contribution in [2.75, 3.05) is 31.1 Å². The normalized spacial score (nSPS) is 23.7. The fourth-order valence-electron chi connectivity index (χ4n) is 3.59. The van der Waals surface area contributed by atoms with Crippen molar-refractivity contribution in [2.45, 2.75) is 12.3 Å². The van der Waals surface area contributed by atoms with Gasteiger partial charge in [-0.25, -0.2) is 0 Å². The lowest BCUT2D eigenvalue weighted by atomic mass is 10.1. The zero-order chi connectivity index (χ0) is 15.6. The topological polar surface area (TPSA) is 23.6 Å². The molecule has 2 fully saturated rings. The lowest BCUT2D eigenvalue weighted by Gasteiger charge is -2.36. The molecule has 1 aliphatic heterocycles. The summed E-state index contributed by atoms with van der Waals surface area (Å²) in [5.74, 6) is 1.00. The van der Waals surface area contributed by atoms with Crippen LogP contribution in [0.25, 0.3) is 0 Å². The Hall–Kier alpha value is -2.29. The van der Waals surface area contributed by atoms with Crippen LogP contribution in [0, 0.1) is 5.92 Å². The molecule has 23 heavy (non-hydrogen) atoms. The minimum absolute atomic E-state index is 0.209. The maximum Gasteiger partial charge on any atom is 0.226 e. The summed E-state index contributed by atoms with van der Waals surface area (Å²) in [5, 5.41) is 0. The van der Waals surface area contributed by atoms with Gasteiger partial charge >= 0.3 is 0 Å². The van der Waals surface area contributed by atoms with E-state index in [4.69, 9.17) is 0 Å². The zero-order valence-electron chi connectivity index (χ0n) is 13.3. The first-order valence-corrected chi connectivity index (χ1v) is 8.46. The highest BCUT2D eigenvalue weighted by Gasteiger charge is 2.45. The summed E-state index contributed by atoms with van der Waals surface area (Å²) in [5.41, 5.74) is 2.57. The van der Waals surface area contributed by atoms with E-state index in [9.17, 15) is 4.79 Å². The molecule has 1 saturated heterocycles. The smallest absolute Gasteiger partial charge is 0.226 e. The number of hydrogen-bond acceptors (Lipinski definition) is 2. The molecule has 3 heteroatoms.